The highest BCUT2D eigenvalue weighted by Gasteiger charge is 2.30. The molecular weight excluding hydrogens is 319 g/mol. The molecule has 0 saturated carbocycles. The number of furan rings is 1. The average Bonchev–Trinajstić information content (AvgIpc) is 2.98. The zero-order valence-corrected chi connectivity index (χ0v) is 12.6. The van der Waals surface area contributed by atoms with E-state index in [0.29, 0.717) is 11.3 Å². The Bertz CT molecular complexity index is 835. The second-order valence-corrected chi connectivity index (χ2v) is 5.33. The Labute approximate surface area is 136 Å². The van der Waals surface area contributed by atoms with Gasteiger partial charge >= 0.3 is 6.18 Å². The molecule has 0 fully saturated rings. The highest BCUT2D eigenvalue weighted by molar-refractivity contribution is 5.97. The van der Waals surface area contributed by atoms with Gasteiger partial charge in [-0.2, -0.15) is 13.2 Å². The van der Waals surface area contributed by atoms with Crippen molar-refractivity contribution in [2.24, 2.45) is 0 Å². The highest BCUT2D eigenvalue weighted by atomic mass is 19.4. The Balaban J connectivity index is 1.61. The van der Waals surface area contributed by atoms with E-state index in [1.807, 2.05) is 18.2 Å². The van der Waals surface area contributed by atoms with E-state index in [2.05, 4.69) is 5.32 Å². The van der Waals surface area contributed by atoms with Gasteiger partial charge < -0.3 is 9.73 Å². The van der Waals surface area contributed by atoms with E-state index in [1.54, 1.807) is 12.1 Å². The molecule has 0 aliphatic heterocycles. The van der Waals surface area contributed by atoms with Crippen LogP contribution in [0.5, 0.6) is 0 Å². The number of halogens is 3. The second kappa shape index (κ2) is 6.39. The molecule has 0 aliphatic carbocycles. The Morgan fingerprint density at radius 3 is 2.58 bits per heavy atom. The number of Topliss-reactive ketones (excluding diaryl/α,β-unsaturated/α-hetero) is 1. The molecule has 1 heterocycles. The summed E-state index contributed by atoms with van der Waals surface area (Å²) in [5, 5.41) is 3.67. The van der Waals surface area contributed by atoms with Crippen molar-refractivity contribution >= 4 is 22.4 Å². The smallest absolute Gasteiger partial charge is 0.416 e. The molecule has 0 spiro atoms. The van der Waals surface area contributed by atoms with Gasteiger partial charge in [0.05, 0.1) is 5.56 Å². The first-order valence-corrected chi connectivity index (χ1v) is 7.36. The van der Waals surface area contributed by atoms with E-state index in [4.69, 9.17) is 4.42 Å². The van der Waals surface area contributed by atoms with Gasteiger partial charge in [0.2, 0.25) is 0 Å². The van der Waals surface area contributed by atoms with Crippen molar-refractivity contribution in [2.75, 3.05) is 11.9 Å². The molecule has 3 nitrogen and oxygen atoms in total. The first-order chi connectivity index (χ1) is 11.4. The fourth-order valence-corrected chi connectivity index (χ4v) is 2.37. The molecule has 0 atom stereocenters. The maximum Gasteiger partial charge on any atom is 0.416 e. The molecule has 24 heavy (non-hydrogen) atoms. The summed E-state index contributed by atoms with van der Waals surface area (Å²) in [4.78, 5) is 12.1. The maximum atomic E-state index is 12.6. The van der Waals surface area contributed by atoms with Crippen LogP contribution in [0, 0.1) is 0 Å². The molecule has 0 saturated heterocycles. The predicted octanol–water partition coefficient (Wildman–Crippen LogP) is 5.14. The Kier molecular flexibility index (Phi) is 4.29. The second-order valence-electron chi connectivity index (χ2n) is 5.33. The topological polar surface area (TPSA) is 42.2 Å². The van der Waals surface area contributed by atoms with Gasteiger partial charge in [-0.25, -0.2) is 0 Å². The van der Waals surface area contributed by atoms with Crippen molar-refractivity contribution in [2.45, 2.75) is 12.6 Å². The van der Waals surface area contributed by atoms with E-state index in [9.17, 15) is 18.0 Å². The summed E-state index contributed by atoms with van der Waals surface area (Å²) in [5.74, 6) is 0.0488. The number of hydrogen-bond acceptors (Lipinski definition) is 3. The minimum Gasteiger partial charge on any atom is -0.453 e. The van der Waals surface area contributed by atoms with E-state index < -0.39 is 11.7 Å². The van der Waals surface area contributed by atoms with Crippen molar-refractivity contribution in [1.82, 2.24) is 0 Å². The van der Waals surface area contributed by atoms with E-state index >= 15 is 0 Å². The number of alkyl halides is 3. The molecule has 3 rings (SSSR count). The van der Waals surface area contributed by atoms with Gasteiger partial charge in [-0.3, -0.25) is 4.79 Å². The van der Waals surface area contributed by atoms with Crippen molar-refractivity contribution < 1.29 is 22.4 Å². The van der Waals surface area contributed by atoms with Crippen LogP contribution in [-0.2, 0) is 6.18 Å². The maximum absolute atomic E-state index is 12.6. The third kappa shape index (κ3) is 3.59. The summed E-state index contributed by atoms with van der Waals surface area (Å²) in [6.45, 7) is 0.219. The lowest BCUT2D eigenvalue weighted by Crippen LogP contribution is -2.10. The first kappa shape index (κ1) is 16.1. The SMILES string of the molecule is O=C(CCNc1cccc(C(F)(F)F)c1)c1cc2ccccc2o1. The monoisotopic (exact) mass is 333 g/mol. The lowest BCUT2D eigenvalue weighted by atomic mass is 10.1. The van der Waals surface area contributed by atoms with Crippen molar-refractivity contribution in [1.29, 1.82) is 0 Å². The van der Waals surface area contributed by atoms with Gasteiger partial charge in [-0.05, 0) is 30.3 Å². The Morgan fingerprint density at radius 2 is 1.83 bits per heavy atom. The molecule has 3 aromatic rings. The number of carbonyl (C=O) groups is 1. The lowest BCUT2D eigenvalue weighted by molar-refractivity contribution is -0.137. The number of hydrogen-bond donors (Lipinski definition) is 1. The van der Waals surface area contributed by atoms with Crippen molar-refractivity contribution in [3.63, 3.8) is 0 Å². The molecule has 2 aromatic carbocycles. The van der Waals surface area contributed by atoms with Crippen LogP contribution in [0.3, 0.4) is 0 Å². The van der Waals surface area contributed by atoms with Crippen molar-refractivity contribution in [3.05, 3.63) is 65.9 Å². The Morgan fingerprint density at radius 1 is 1.04 bits per heavy atom. The summed E-state index contributed by atoms with van der Waals surface area (Å²) < 4.78 is 43.4. The Hall–Kier alpha value is -2.76. The average molecular weight is 333 g/mol. The van der Waals surface area contributed by atoms with Crippen LogP contribution in [0.4, 0.5) is 18.9 Å². The number of anilines is 1. The molecule has 1 aromatic heterocycles. The predicted molar refractivity (Wildman–Crippen MR) is 85.1 cm³/mol. The zero-order chi connectivity index (χ0) is 17.2. The van der Waals surface area contributed by atoms with Crippen LogP contribution >= 0.6 is 0 Å². The standard InChI is InChI=1S/C18H14F3NO2/c19-18(20,21)13-5-3-6-14(11-13)22-9-8-15(23)17-10-12-4-1-2-7-16(12)24-17/h1-7,10-11,22H,8-9H2. The number of benzene rings is 2. The van der Waals surface area contributed by atoms with Gasteiger partial charge in [0.25, 0.3) is 0 Å². The first-order valence-electron chi connectivity index (χ1n) is 7.36. The zero-order valence-electron chi connectivity index (χ0n) is 12.6. The lowest BCUT2D eigenvalue weighted by Gasteiger charge is -2.10. The van der Waals surface area contributed by atoms with Gasteiger partial charge in [-0.15, -0.1) is 0 Å². The van der Waals surface area contributed by atoms with Crippen LogP contribution in [-0.4, -0.2) is 12.3 Å². The minimum atomic E-state index is -4.39. The summed E-state index contributed by atoms with van der Waals surface area (Å²) in [5.41, 5.74) is 0.227. The number of fused-ring (bicyclic) bond motifs is 1. The van der Waals surface area contributed by atoms with Crippen LogP contribution in [0.25, 0.3) is 11.0 Å². The number of para-hydroxylation sites is 1. The number of carbonyl (C=O) groups excluding carboxylic acids is 1. The molecule has 124 valence electrons. The van der Waals surface area contributed by atoms with Crippen LogP contribution in [0.2, 0.25) is 0 Å². The van der Waals surface area contributed by atoms with Gasteiger partial charge in [0, 0.05) is 24.0 Å². The van der Waals surface area contributed by atoms with Crippen molar-refractivity contribution in [3.8, 4) is 0 Å². The molecule has 0 aliphatic rings. The molecular formula is C18H14F3NO2. The molecule has 6 heteroatoms. The number of ketones is 1. The molecule has 0 unspecified atom stereocenters. The third-order valence-electron chi connectivity index (χ3n) is 3.57. The van der Waals surface area contributed by atoms with Gasteiger partial charge in [0.1, 0.15) is 5.58 Å². The van der Waals surface area contributed by atoms with Crippen LogP contribution < -0.4 is 5.32 Å². The summed E-state index contributed by atoms with van der Waals surface area (Å²) in [6.07, 6.45) is -4.27. The summed E-state index contributed by atoms with van der Waals surface area (Å²) >= 11 is 0. The quantitative estimate of drug-likeness (QED) is 0.658. The summed E-state index contributed by atoms with van der Waals surface area (Å²) in [6, 6.07) is 13.8. The highest BCUT2D eigenvalue weighted by Crippen LogP contribution is 2.30. The fourth-order valence-electron chi connectivity index (χ4n) is 2.37. The largest absolute Gasteiger partial charge is 0.453 e. The van der Waals surface area contributed by atoms with Gasteiger partial charge in [0.15, 0.2) is 11.5 Å². The van der Waals surface area contributed by atoms with Gasteiger partial charge in [-0.1, -0.05) is 24.3 Å². The van der Waals surface area contributed by atoms with E-state index in [-0.39, 0.29) is 24.5 Å². The fraction of sp³-hybridized carbons (Fsp3) is 0.167. The molecule has 0 radical (unpaired) electrons. The minimum absolute atomic E-state index is 0.121. The van der Waals surface area contributed by atoms with E-state index in [0.717, 1.165) is 17.5 Å². The molecule has 0 bridgehead atoms. The van der Waals surface area contributed by atoms with Crippen LogP contribution in [0.15, 0.2) is 59.0 Å². The third-order valence-corrected chi connectivity index (χ3v) is 3.57. The van der Waals surface area contributed by atoms with Crippen LogP contribution in [0.1, 0.15) is 22.5 Å². The molecule has 1 N–H and O–H groups in total. The van der Waals surface area contributed by atoms with E-state index in [1.165, 1.54) is 12.1 Å². The number of rotatable bonds is 5. The number of nitrogens with one attached hydrogen (secondary N) is 1. The normalized spacial score (nSPS) is 11.6. The molecule has 0 amide bonds. The summed E-state index contributed by atoms with van der Waals surface area (Å²) in [7, 11) is 0.